The first-order valence-electron chi connectivity index (χ1n) is 25.0. The van der Waals surface area contributed by atoms with Crippen LogP contribution in [0.15, 0.2) is 47.6 Å². The van der Waals surface area contributed by atoms with Crippen molar-refractivity contribution in [3.63, 3.8) is 0 Å². The Morgan fingerprint density at radius 2 is 1.56 bits per heavy atom. The fraction of sp³-hybridized carbons (Fsp3) is 0.755. The molecule has 12 unspecified atom stereocenters. The summed E-state index contributed by atoms with van der Waals surface area (Å²) in [5.74, 6) is -7.99. The molecular weight excluding hydrogens is 875 g/mol. The number of rotatable bonds is 9. The number of carbonyl (C=O) groups is 5. The summed E-state index contributed by atoms with van der Waals surface area (Å²) in [5, 5.41) is 32.7. The van der Waals surface area contributed by atoms with Gasteiger partial charge in [-0.1, -0.05) is 76.6 Å². The monoisotopic (exact) mass is 958 g/mol. The Hall–Kier alpha value is -3.41. The summed E-state index contributed by atoms with van der Waals surface area (Å²) in [4.78, 5) is 71.8. The number of aliphatic hydroxyl groups excluding tert-OH is 2. The third-order valence-electron chi connectivity index (χ3n) is 14.8. The van der Waals surface area contributed by atoms with E-state index in [1.54, 1.807) is 28.1 Å². The minimum atomic E-state index is -2.54. The molecule has 0 aromatic heterocycles. The number of piperidine rings is 1. The second-order valence-corrected chi connectivity index (χ2v) is 20.2. The number of allylic oxidation sites excluding steroid dienone is 6. The van der Waals surface area contributed by atoms with Gasteiger partial charge in [0.1, 0.15) is 30.3 Å². The van der Waals surface area contributed by atoms with E-state index in [0.29, 0.717) is 51.4 Å². The molecule has 1 amide bonds. The maximum absolute atomic E-state index is 14.5. The second-order valence-electron chi connectivity index (χ2n) is 20.2. The van der Waals surface area contributed by atoms with Gasteiger partial charge in [-0.05, 0) is 101 Å². The number of carbonyl (C=O) groups excluding carboxylic acids is 5. The fourth-order valence-electron chi connectivity index (χ4n) is 10.5. The fourth-order valence-corrected chi connectivity index (χ4v) is 10.5. The highest BCUT2D eigenvalue weighted by Crippen LogP contribution is 2.38. The first-order chi connectivity index (χ1) is 32.3. The van der Waals surface area contributed by atoms with E-state index >= 15 is 0 Å². The summed E-state index contributed by atoms with van der Waals surface area (Å²) in [6.45, 7) is 13.1. The first-order valence-corrected chi connectivity index (χ1v) is 25.0. The Morgan fingerprint density at radius 1 is 0.838 bits per heavy atom. The quantitative estimate of drug-likeness (QED) is 0.128. The number of hydrogen-bond acceptors (Lipinski definition) is 14. The maximum Gasteiger partial charge on any atom is 0.329 e. The van der Waals surface area contributed by atoms with Crippen LogP contribution in [0.25, 0.3) is 0 Å². The van der Waals surface area contributed by atoms with Crippen molar-refractivity contribution in [3.05, 3.63) is 47.6 Å². The van der Waals surface area contributed by atoms with Crippen molar-refractivity contribution < 1.29 is 67.7 Å². The molecule has 0 radical (unpaired) electrons. The van der Waals surface area contributed by atoms with Crippen molar-refractivity contribution in [2.24, 2.45) is 35.5 Å². The molecule has 68 heavy (non-hydrogen) atoms. The van der Waals surface area contributed by atoms with E-state index in [1.807, 2.05) is 64.2 Å². The lowest BCUT2D eigenvalue weighted by Gasteiger charge is -2.43. The number of ether oxygens (including phenoxy) is 6. The van der Waals surface area contributed by atoms with Gasteiger partial charge >= 0.3 is 5.97 Å². The number of ketones is 3. The third kappa shape index (κ3) is 15.5. The number of methoxy groups -OCH3 is 3. The minimum Gasteiger partial charge on any atom is -0.460 e. The average molecular weight is 958 g/mol. The molecule has 3 fully saturated rings. The summed E-state index contributed by atoms with van der Waals surface area (Å²) in [5.41, 5.74) is 1.67. The molecule has 15 heteroatoms. The van der Waals surface area contributed by atoms with Crippen LogP contribution in [0, 0.1) is 35.5 Å². The number of cyclic esters (lactones) is 1. The molecule has 3 heterocycles. The average Bonchev–Trinajstić information content (AvgIpc) is 3.31. The standard InChI is InChI=1S/C53H83NO14/c1-32-15-12-11-13-16-34(3)44(63-8)30-40-21-19-38(7)53(62,68-40)50(59)51(60)54-41(17-14-18-48(54)57)52(61)67-45(36(5)28-39-20-22-43(66-24-23-55)46(29-39)64-9)31-42(56)35(4)26-33(2)27-47(65-10)49(58)37(6)25-32/h11-13,15-16,26,32,35-41,43-48,55,57,62H,14,17-25,27-31H2,1-10H3/t32?,35?,36?,37?,38?,39-,40?,41?,43+,44?,45?,46+,47?,48?,53?/m0/s1. The highest BCUT2D eigenvalue weighted by Gasteiger charge is 2.54. The molecule has 2 saturated heterocycles. The van der Waals surface area contributed by atoms with Crippen LogP contribution >= 0.6 is 0 Å². The predicted molar refractivity (Wildman–Crippen MR) is 256 cm³/mol. The van der Waals surface area contributed by atoms with Gasteiger partial charge in [0.05, 0.1) is 37.6 Å². The first kappa shape index (κ1) is 57.2. The zero-order valence-corrected chi connectivity index (χ0v) is 42.4. The summed E-state index contributed by atoms with van der Waals surface area (Å²) in [7, 11) is 4.70. The number of esters is 1. The van der Waals surface area contributed by atoms with Crippen molar-refractivity contribution >= 4 is 29.2 Å². The molecule has 0 spiro atoms. The van der Waals surface area contributed by atoms with E-state index in [9.17, 15) is 39.3 Å². The van der Waals surface area contributed by atoms with Crippen LogP contribution in [0.2, 0.25) is 0 Å². The maximum atomic E-state index is 14.5. The molecule has 4 rings (SSSR count). The summed E-state index contributed by atoms with van der Waals surface area (Å²) in [6.07, 6.45) is 11.9. The van der Waals surface area contributed by atoms with Crippen molar-refractivity contribution in [1.29, 1.82) is 0 Å². The van der Waals surface area contributed by atoms with Crippen LogP contribution in [0.1, 0.15) is 132 Å². The highest BCUT2D eigenvalue weighted by molar-refractivity contribution is 6.39. The number of aliphatic hydroxyl groups is 3. The summed E-state index contributed by atoms with van der Waals surface area (Å²) < 4.78 is 35.6. The molecule has 1 aliphatic carbocycles. The smallest absolute Gasteiger partial charge is 0.329 e. The Morgan fingerprint density at radius 3 is 2.24 bits per heavy atom. The van der Waals surface area contributed by atoms with E-state index in [4.69, 9.17) is 28.4 Å². The number of nitrogens with zero attached hydrogens (tertiary/aromatic N) is 1. The van der Waals surface area contributed by atoms with Gasteiger partial charge in [-0.15, -0.1) is 0 Å². The van der Waals surface area contributed by atoms with Crippen LogP contribution in [0.3, 0.4) is 0 Å². The molecular formula is C53H83NO14. The van der Waals surface area contributed by atoms with Crippen molar-refractivity contribution in [1.82, 2.24) is 4.90 Å². The van der Waals surface area contributed by atoms with Gasteiger partial charge in [0.2, 0.25) is 5.79 Å². The van der Waals surface area contributed by atoms with Gasteiger partial charge in [0.25, 0.3) is 11.7 Å². The van der Waals surface area contributed by atoms with Gasteiger partial charge in [0.15, 0.2) is 5.78 Å². The number of hydrogen-bond donors (Lipinski definition) is 3. The van der Waals surface area contributed by atoms with Crippen LogP contribution < -0.4 is 0 Å². The molecule has 15 nitrogen and oxygen atoms in total. The lowest BCUT2D eigenvalue weighted by Crippen LogP contribution is -2.62. The van der Waals surface area contributed by atoms with Crippen molar-refractivity contribution in [3.8, 4) is 0 Å². The normalized spacial score (nSPS) is 36.7. The van der Waals surface area contributed by atoms with Gasteiger partial charge in [-0.2, -0.15) is 0 Å². The zero-order chi connectivity index (χ0) is 50.3. The second kappa shape index (κ2) is 27.3. The highest BCUT2D eigenvalue weighted by atomic mass is 16.6. The van der Waals surface area contributed by atoms with Crippen LogP contribution in [0.4, 0.5) is 0 Å². The molecule has 3 aliphatic heterocycles. The minimum absolute atomic E-state index is 0.0226. The molecule has 0 aromatic carbocycles. The topological polar surface area (TPSA) is 205 Å². The Bertz CT molecular complexity index is 1810. The Balaban J connectivity index is 1.70. The van der Waals surface area contributed by atoms with E-state index < -0.39 is 72.0 Å². The largest absolute Gasteiger partial charge is 0.460 e. The van der Waals surface area contributed by atoms with E-state index in [-0.39, 0.29) is 86.3 Å². The lowest BCUT2D eigenvalue weighted by molar-refractivity contribution is -0.266. The van der Waals surface area contributed by atoms with Crippen LogP contribution in [0.5, 0.6) is 0 Å². The van der Waals surface area contributed by atoms with Gasteiger partial charge in [0, 0.05) is 58.3 Å². The van der Waals surface area contributed by atoms with Crippen LogP contribution in [-0.4, -0.2) is 139 Å². The lowest BCUT2D eigenvalue weighted by atomic mass is 9.78. The summed E-state index contributed by atoms with van der Waals surface area (Å²) >= 11 is 0. The van der Waals surface area contributed by atoms with Gasteiger partial charge < -0.3 is 43.7 Å². The number of amides is 1. The van der Waals surface area contributed by atoms with Crippen molar-refractivity contribution in [2.45, 2.75) is 187 Å². The SMILES string of the molecule is COC1CC(C)=CC(C)C(=O)CC(C(C)C[C@@H]2CC[C@@H](OCCO)[C@H](OC)C2)OC(=O)C2CCCC(O)N2C(=O)C(=O)C2(O)OC(CCC2C)CC(OC)C(C)=CC=CC=CC(C)CC(C)C1=O. The van der Waals surface area contributed by atoms with Crippen molar-refractivity contribution in [2.75, 3.05) is 34.5 Å². The van der Waals surface area contributed by atoms with Gasteiger partial charge in [-0.25, -0.2) is 4.79 Å². The molecule has 4 aliphatic rings. The molecule has 2 bridgehead atoms. The Kier molecular flexibility index (Phi) is 22.9. The molecule has 1 saturated carbocycles. The van der Waals surface area contributed by atoms with E-state index in [1.165, 1.54) is 7.11 Å². The number of Topliss-reactive ketones (excluding diaryl/α,β-unsaturated/α-hetero) is 3. The number of fused-ring (bicyclic) bond motifs is 3. The van der Waals surface area contributed by atoms with E-state index in [2.05, 4.69) is 6.92 Å². The van der Waals surface area contributed by atoms with E-state index in [0.717, 1.165) is 22.5 Å². The van der Waals surface area contributed by atoms with Gasteiger partial charge in [-0.3, -0.25) is 24.1 Å². The molecule has 3 N–H and O–H groups in total. The molecule has 384 valence electrons. The van der Waals surface area contributed by atoms with Crippen LogP contribution in [-0.2, 0) is 52.4 Å². The predicted octanol–water partition coefficient (Wildman–Crippen LogP) is 6.54. The summed E-state index contributed by atoms with van der Waals surface area (Å²) in [6, 6.07) is -1.38. The third-order valence-corrected chi connectivity index (χ3v) is 14.8. The Labute approximate surface area is 405 Å². The molecule has 0 aromatic rings. The molecule has 15 atom stereocenters. The zero-order valence-electron chi connectivity index (χ0n) is 42.4.